The average molecular weight is 458 g/mol. The third kappa shape index (κ3) is 5.03. The summed E-state index contributed by atoms with van der Waals surface area (Å²) in [5.74, 6) is -0.376. The van der Waals surface area contributed by atoms with Gasteiger partial charge >= 0.3 is 6.09 Å². The van der Waals surface area contributed by atoms with Crippen LogP contribution in [0, 0.1) is 0 Å². The van der Waals surface area contributed by atoms with Gasteiger partial charge in [-0.3, -0.25) is 4.79 Å². The van der Waals surface area contributed by atoms with Gasteiger partial charge in [-0.15, -0.1) is 0 Å². The normalized spacial score (nSPS) is 13.1. The van der Waals surface area contributed by atoms with Crippen molar-refractivity contribution in [3.8, 4) is 11.1 Å². The predicted octanol–water partition coefficient (Wildman–Crippen LogP) is 4.29. The molecule has 3 aromatic rings. The molecule has 0 radical (unpaired) electrons. The highest BCUT2D eigenvalue weighted by molar-refractivity contribution is 5.95. The third-order valence-corrected chi connectivity index (χ3v) is 6.35. The van der Waals surface area contributed by atoms with Crippen LogP contribution in [0.2, 0.25) is 0 Å². The number of carbonyl (C=O) groups excluding carboxylic acids is 2. The zero-order chi connectivity index (χ0) is 23.9. The smallest absolute Gasteiger partial charge is 0.416 e. The number of hydrogen-bond donors (Lipinski definition) is 2. The molecule has 3 aromatic carbocycles. The number of ether oxygens (including phenoxy) is 1. The van der Waals surface area contributed by atoms with E-state index in [4.69, 9.17) is 10.5 Å². The lowest BCUT2D eigenvalue weighted by atomic mass is 9.98. The largest absolute Gasteiger partial charge is 0.448 e. The summed E-state index contributed by atoms with van der Waals surface area (Å²) in [7, 11) is 1.72. The molecule has 2 amide bonds. The van der Waals surface area contributed by atoms with Crippen molar-refractivity contribution in [2.45, 2.75) is 31.3 Å². The monoisotopic (exact) mass is 457 g/mol. The van der Waals surface area contributed by atoms with Gasteiger partial charge in [0.15, 0.2) is 0 Å². The first-order valence-electron chi connectivity index (χ1n) is 11.7. The van der Waals surface area contributed by atoms with Gasteiger partial charge in [-0.05, 0) is 54.3 Å². The molecule has 0 fully saturated rings. The SMILES string of the molecule is CN[C@@H](CCCN)C(=O)N(Cc1ccccc1)C(=O)OCC1c2ccccc2-c2ccccc21. The Bertz CT molecular complexity index is 1090. The number of nitrogens with zero attached hydrogens (tertiary/aromatic N) is 1. The number of rotatable bonds is 9. The Morgan fingerprint density at radius 3 is 2.12 bits per heavy atom. The molecule has 3 N–H and O–H groups in total. The van der Waals surface area contributed by atoms with Crippen LogP contribution in [0.25, 0.3) is 11.1 Å². The Kier molecular flexibility index (Phi) is 7.72. The van der Waals surface area contributed by atoms with Gasteiger partial charge < -0.3 is 15.8 Å². The van der Waals surface area contributed by atoms with Gasteiger partial charge in [0, 0.05) is 5.92 Å². The molecule has 0 aliphatic heterocycles. The van der Waals surface area contributed by atoms with E-state index < -0.39 is 12.1 Å². The van der Waals surface area contributed by atoms with E-state index in [0.29, 0.717) is 19.4 Å². The molecule has 4 rings (SSSR count). The van der Waals surface area contributed by atoms with Crippen molar-refractivity contribution in [3.05, 3.63) is 95.6 Å². The second-order valence-corrected chi connectivity index (χ2v) is 8.49. The van der Waals surface area contributed by atoms with Gasteiger partial charge in [-0.2, -0.15) is 0 Å². The molecule has 0 aromatic heterocycles. The van der Waals surface area contributed by atoms with Gasteiger partial charge in [0.1, 0.15) is 6.61 Å². The van der Waals surface area contributed by atoms with Crippen molar-refractivity contribution in [1.29, 1.82) is 0 Å². The van der Waals surface area contributed by atoms with Crippen LogP contribution in [0.15, 0.2) is 78.9 Å². The molecule has 1 aliphatic carbocycles. The topological polar surface area (TPSA) is 84.7 Å². The minimum absolute atomic E-state index is 0.0673. The number of fused-ring (bicyclic) bond motifs is 3. The summed E-state index contributed by atoms with van der Waals surface area (Å²) >= 11 is 0. The molecular weight excluding hydrogens is 426 g/mol. The molecule has 6 nitrogen and oxygen atoms in total. The van der Waals surface area contributed by atoms with E-state index in [1.807, 2.05) is 54.6 Å². The number of imide groups is 1. The minimum atomic E-state index is -0.635. The zero-order valence-electron chi connectivity index (χ0n) is 19.4. The van der Waals surface area contributed by atoms with Gasteiger partial charge in [-0.25, -0.2) is 9.69 Å². The van der Waals surface area contributed by atoms with Crippen LogP contribution in [0.5, 0.6) is 0 Å². The lowest BCUT2D eigenvalue weighted by Gasteiger charge is -2.26. The molecule has 0 heterocycles. The van der Waals surface area contributed by atoms with Crippen LogP contribution < -0.4 is 11.1 Å². The molecule has 0 spiro atoms. The second kappa shape index (κ2) is 11.1. The quantitative estimate of drug-likeness (QED) is 0.501. The number of amides is 2. The number of hydrogen-bond acceptors (Lipinski definition) is 5. The Morgan fingerprint density at radius 2 is 1.53 bits per heavy atom. The summed E-state index contributed by atoms with van der Waals surface area (Å²) in [5.41, 5.74) is 11.1. The minimum Gasteiger partial charge on any atom is -0.448 e. The van der Waals surface area contributed by atoms with Crippen LogP contribution in [-0.2, 0) is 16.1 Å². The molecule has 0 saturated heterocycles. The van der Waals surface area contributed by atoms with Crippen LogP contribution in [-0.4, -0.2) is 43.1 Å². The molecule has 0 unspecified atom stereocenters. The fourth-order valence-corrected chi connectivity index (χ4v) is 4.57. The first-order valence-corrected chi connectivity index (χ1v) is 11.7. The fraction of sp³-hybridized carbons (Fsp3) is 0.286. The van der Waals surface area contributed by atoms with E-state index in [-0.39, 0.29) is 25.0 Å². The fourth-order valence-electron chi connectivity index (χ4n) is 4.57. The maximum Gasteiger partial charge on any atom is 0.416 e. The number of nitrogens with one attached hydrogen (secondary N) is 1. The van der Waals surface area contributed by atoms with Crippen LogP contribution >= 0.6 is 0 Å². The van der Waals surface area contributed by atoms with Gasteiger partial charge in [-0.1, -0.05) is 78.9 Å². The highest BCUT2D eigenvalue weighted by Gasteiger charge is 2.32. The summed E-state index contributed by atoms with van der Waals surface area (Å²) in [6, 6.07) is 25.3. The third-order valence-electron chi connectivity index (χ3n) is 6.35. The van der Waals surface area contributed by atoms with Crippen LogP contribution in [0.4, 0.5) is 4.79 Å². The molecule has 34 heavy (non-hydrogen) atoms. The number of nitrogens with two attached hydrogens (primary N) is 1. The van der Waals surface area contributed by atoms with Gasteiger partial charge in [0.2, 0.25) is 5.91 Å². The summed E-state index contributed by atoms with van der Waals surface area (Å²) in [6.07, 6.45) is 0.596. The first kappa shape index (κ1) is 23.7. The van der Waals surface area contributed by atoms with Crippen molar-refractivity contribution in [1.82, 2.24) is 10.2 Å². The molecule has 0 bridgehead atoms. The predicted molar refractivity (Wildman–Crippen MR) is 133 cm³/mol. The Labute approximate surface area is 200 Å². The molecule has 176 valence electrons. The highest BCUT2D eigenvalue weighted by Crippen LogP contribution is 2.44. The van der Waals surface area contributed by atoms with E-state index in [1.165, 1.54) is 4.90 Å². The first-order chi connectivity index (χ1) is 16.6. The van der Waals surface area contributed by atoms with Crippen molar-refractivity contribution in [2.75, 3.05) is 20.2 Å². The summed E-state index contributed by atoms with van der Waals surface area (Å²) in [5, 5.41) is 3.03. The number of benzene rings is 3. The lowest BCUT2D eigenvalue weighted by molar-refractivity contribution is -0.132. The van der Waals surface area contributed by atoms with Gasteiger partial charge in [0.25, 0.3) is 0 Å². The van der Waals surface area contributed by atoms with Crippen LogP contribution in [0.1, 0.15) is 35.4 Å². The van der Waals surface area contributed by atoms with Crippen molar-refractivity contribution in [2.24, 2.45) is 5.73 Å². The van der Waals surface area contributed by atoms with Gasteiger partial charge in [0.05, 0.1) is 12.6 Å². The maximum absolute atomic E-state index is 13.3. The van der Waals surface area contributed by atoms with E-state index >= 15 is 0 Å². The summed E-state index contributed by atoms with van der Waals surface area (Å²) in [4.78, 5) is 27.8. The average Bonchev–Trinajstić information content (AvgIpc) is 3.20. The maximum atomic E-state index is 13.3. The van der Waals surface area contributed by atoms with E-state index in [9.17, 15) is 9.59 Å². The molecule has 6 heteroatoms. The standard InChI is InChI=1S/C28H31N3O3/c1-30-26(16-9-17-29)27(32)31(18-20-10-3-2-4-11-20)28(33)34-19-25-23-14-7-5-12-21(23)22-13-6-8-15-24(22)25/h2-8,10-15,25-26,30H,9,16-19,29H2,1H3/t26-/m0/s1. The Hall–Kier alpha value is -3.48. The molecular formula is C28H31N3O3. The number of carbonyl (C=O) groups is 2. The number of likely N-dealkylation sites (N-methyl/N-ethyl adjacent to an activating group) is 1. The van der Waals surface area contributed by atoms with E-state index in [0.717, 1.165) is 27.8 Å². The second-order valence-electron chi connectivity index (χ2n) is 8.49. The zero-order valence-corrected chi connectivity index (χ0v) is 19.4. The Balaban J connectivity index is 1.54. The lowest BCUT2D eigenvalue weighted by Crippen LogP contribution is -2.48. The van der Waals surface area contributed by atoms with Crippen molar-refractivity contribution >= 4 is 12.0 Å². The Morgan fingerprint density at radius 1 is 0.941 bits per heavy atom. The van der Waals surface area contributed by atoms with Crippen molar-refractivity contribution in [3.63, 3.8) is 0 Å². The van der Waals surface area contributed by atoms with E-state index in [1.54, 1.807) is 7.05 Å². The summed E-state index contributed by atoms with van der Waals surface area (Å²) < 4.78 is 5.81. The summed E-state index contributed by atoms with van der Waals surface area (Å²) in [6.45, 7) is 0.796. The van der Waals surface area contributed by atoms with Crippen LogP contribution in [0.3, 0.4) is 0 Å². The molecule has 0 saturated carbocycles. The van der Waals surface area contributed by atoms with Crippen molar-refractivity contribution < 1.29 is 14.3 Å². The highest BCUT2D eigenvalue weighted by atomic mass is 16.6. The molecule has 1 atom stereocenters. The molecule has 1 aliphatic rings. The van der Waals surface area contributed by atoms with E-state index in [2.05, 4.69) is 29.6 Å².